The molecule has 14 heteroatoms. The van der Waals surface area contributed by atoms with Gasteiger partial charge in [0, 0.05) is 42.8 Å². The number of carbonyl (C=O) groups excluding carboxylic acids is 1. The van der Waals surface area contributed by atoms with Gasteiger partial charge in [-0.3, -0.25) is 0 Å². The Bertz CT molecular complexity index is 3080. The number of nitrogens with zero attached hydrogens (tertiary/aromatic N) is 2. The number of aryl methyl sites for hydroxylation is 2. The highest BCUT2D eigenvalue weighted by molar-refractivity contribution is 9.10. The van der Waals surface area contributed by atoms with Crippen LogP contribution in [-0.2, 0) is 18.0 Å². The van der Waals surface area contributed by atoms with Crippen molar-refractivity contribution in [1.82, 2.24) is 9.13 Å². The van der Waals surface area contributed by atoms with E-state index < -0.39 is 17.6 Å². The van der Waals surface area contributed by atoms with Gasteiger partial charge in [0.2, 0.25) is 0 Å². The first-order chi connectivity index (χ1) is 31.7. The summed E-state index contributed by atoms with van der Waals surface area (Å²) in [7, 11) is 0. The first-order valence-corrected chi connectivity index (χ1v) is 22.8. The van der Waals surface area contributed by atoms with Crippen molar-refractivity contribution in [2.24, 2.45) is 0 Å². The van der Waals surface area contributed by atoms with Gasteiger partial charge in [-0.05, 0) is 153 Å². The molecular formula is C52H40Br2Cl2F2N2O6. The fourth-order valence-corrected chi connectivity index (χ4v) is 8.31. The molecule has 8 aromatic rings. The molecule has 0 aliphatic rings. The number of aromatic nitrogens is 2. The predicted molar refractivity (Wildman–Crippen MR) is 262 cm³/mol. The minimum atomic E-state index is -0.984. The second-order valence-electron chi connectivity index (χ2n) is 14.9. The first kappa shape index (κ1) is 47.8. The Kier molecular flexibility index (Phi) is 15.5. The van der Waals surface area contributed by atoms with Crippen LogP contribution in [0.5, 0.6) is 11.5 Å². The number of rotatable bonds is 13. The van der Waals surface area contributed by atoms with Crippen molar-refractivity contribution >= 4 is 67.0 Å². The monoisotopic (exact) mass is 1050 g/mol. The number of hydrogen-bond donors (Lipinski definition) is 1. The van der Waals surface area contributed by atoms with Crippen molar-refractivity contribution in [3.05, 3.63) is 210 Å². The maximum atomic E-state index is 13.5. The summed E-state index contributed by atoms with van der Waals surface area (Å²) >= 11 is 18.9. The third-order valence-corrected chi connectivity index (χ3v) is 11.9. The maximum Gasteiger partial charge on any atom is 0.338 e. The lowest BCUT2D eigenvalue weighted by Gasteiger charge is -2.17. The van der Waals surface area contributed by atoms with Crippen molar-refractivity contribution in [2.75, 3.05) is 6.61 Å². The molecule has 6 aromatic carbocycles. The van der Waals surface area contributed by atoms with E-state index in [9.17, 15) is 23.5 Å². The van der Waals surface area contributed by atoms with Gasteiger partial charge in [0.05, 0.1) is 39.2 Å². The first-order valence-electron chi connectivity index (χ1n) is 20.4. The van der Waals surface area contributed by atoms with E-state index in [1.807, 2.05) is 103 Å². The van der Waals surface area contributed by atoms with Crippen molar-refractivity contribution in [2.45, 2.75) is 34.0 Å². The summed E-state index contributed by atoms with van der Waals surface area (Å²) in [5, 5.41) is 9.49. The van der Waals surface area contributed by atoms with Gasteiger partial charge in [0.25, 0.3) is 0 Å². The summed E-state index contributed by atoms with van der Waals surface area (Å²) in [5.74, 6) is -1.00. The second kappa shape index (κ2) is 21.4. The molecule has 0 radical (unpaired) electrons. The number of esters is 1. The summed E-state index contributed by atoms with van der Waals surface area (Å²) in [5.41, 5.74) is 9.12. The van der Waals surface area contributed by atoms with Crippen LogP contribution in [0.4, 0.5) is 8.78 Å². The van der Waals surface area contributed by atoms with Crippen LogP contribution in [-0.4, -0.2) is 32.8 Å². The van der Waals surface area contributed by atoms with E-state index in [1.165, 1.54) is 12.1 Å². The number of carboxylic acids is 1. The van der Waals surface area contributed by atoms with Crippen LogP contribution >= 0.6 is 55.1 Å². The van der Waals surface area contributed by atoms with E-state index >= 15 is 0 Å². The third-order valence-electron chi connectivity index (χ3n) is 10.3. The number of halogens is 6. The zero-order chi connectivity index (χ0) is 47.1. The van der Waals surface area contributed by atoms with Gasteiger partial charge in [0.15, 0.2) is 0 Å². The van der Waals surface area contributed by atoms with Gasteiger partial charge in [-0.1, -0.05) is 79.3 Å². The Labute approximate surface area is 407 Å². The minimum Gasteiger partial charge on any atom is -0.488 e. The van der Waals surface area contributed by atoms with Gasteiger partial charge < -0.3 is 28.5 Å². The summed E-state index contributed by atoms with van der Waals surface area (Å²) < 4.78 is 50.2. The highest BCUT2D eigenvalue weighted by Gasteiger charge is 2.19. The quantitative estimate of drug-likeness (QED) is 0.116. The van der Waals surface area contributed by atoms with Crippen LogP contribution in [0.25, 0.3) is 33.9 Å². The van der Waals surface area contributed by atoms with Crippen LogP contribution in [0.1, 0.15) is 50.2 Å². The summed E-state index contributed by atoms with van der Waals surface area (Å²) in [6, 6.07) is 42.5. The SMILES string of the molecule is CCOC(=O)c1cccc(-n2c(C)ccc2-c2cc(Br)ccc2OCc2ccc(F)c(Cl)c2)c1.Cc1ccc(-c2cc(Br)ccc2OCc2ccc(F)c(Cl)c2)n1-c1cccc(C(=O)O)c1. The molecule has 0 bridgehead atoms. The highest BCUT2D eigenvalue weighted by Crippen LogP contribution is 2.38. The van der Waals surface area contributed by atoms with Crippen molar-refractivity contribution in [3.63, 3.8) is 0 Å². The fourth-order valence-electron chi connectivity index (χ4n) is 7.19. The van der Waals surface area contributed by atoms with Gasteiger partial charge in [-0.15, -0.1) is 0 Å². The zero-order valence-corrected chi connectivity index (χ0v) is 40.3. The van der Waals surface area contributed by atoms with Gasteiger partial charge in [-0.25, -0.2) is 18.4 Å². The van der Waals surface area contributed by atoms with Crippen LogP contribution < -0.4 is 9.47 Å². The molecule has 0 atom stereocenters. The molecule has 0 aliphatic carbocycles. The number of hydrogen-bond acceptors (Lipinski definition) is 5. The smallest absolute Gasteiger partial charge is 0.338 e. The normalized spacial score (nSPS) is 10.9. The molecule has 66 heavy (non-hydrogen) atoms. The lowest BCUT2D eigenvalue weighted by atomic mass is 10.1. The second-order valence-corrected chi connectivity index (χ2v) is 17.5. The molecule has 0 saturated carbocycles. The zero-order valence-electron chi connectivity index (χ0n) is 35.6. The molecule has 2 aromatic heterocycles. The lowest BCUT2D eigenvalue weighted by molar-refractivity contribution is 0.0525. The van der Waals surface area contributed by atoms with E-state index in [0.29, 0.717) is 23.7 Å². The molecule has 0 spiro atoms. The lowest BCUT2D eigenvalue weighted by Crippen LogP contribution is -2.07. The summed E-state index contributed by atoms with van der Waals surface area (Å²) in [6.45, 7) is 6.49. The molecule has 0 aliphatic heterocycles. The van der Waals surface area contributed by atoms with E-state index in [-0.39, 0.29) is 34.8 Å². The van der Waals surface area contributed by atoms with Crippen molar-refractivity contribution in [1.29, 1.82) is 0 Å². The van der Waals surface area contributed by atoms with Crippen LogP contribution in [0.3, 0.4) is 0 Å². The predicted octanol–water partition coefficient (Wildman–Crippen LogP) is 15.0. The molecule has 2 heterocycles. The standard InChI is InChI=1S/C27H22BrClFNO3.C25H18BrClFNO3/c1-3-33-27(32)19-5-4-6-21(14-19)31-17(2)7-11-25(31)22-15-20(28)9-12-26(22)34-16-18-8-10-24(30)23(29)13-18;1-15-5-9-23(29(15)19-4-2-3-17(12-19)25(30)31)20-13-18(26)7-10-24(20)32-14-16-6-8-22(28)21(27)11-16/h4-15H,3,16H2,1-2H3;2-13H,14H2,1H3,(H,30,31). The number of benzene rings is 6. The largest absolute Gasteiger partial charge is 0.488 e. The summed E-state index contributed by atoms with van der Waals surface area (Å²) in [6.07, 6.45) is 0. The Morgan fingerprint density at radius 1 is 0.591 bits per heavy atom. The molecule has 0 unspecified atom stereocenters. The molecule has 0 fully saturated rings. The number of carboxylic acid groups (broad SMARTS) is 1. The molecule has 0 amide bonds. The maximum absolute atomic E-state index is 13.5. The van der Waals surface area contributed by atoms with Crippen LogP contribution in [0.15, 0.2) is 155 Å². The average molecular weight is 1060 g/mol. The number of aromatic carboxylic acids is 1. The van der Waals surface area contributed by atoms with Crippen molar-refractivity contribution in [3.8, 4) is 45.4 Å². The molecule has 0 saturated heterocycles. The fraction of sp³-hybridized carbons (Fsp3) is 0.115. The Hall–Kier alpha value is -6.18. The van der Waals surface area contributed by atoms with E-state index in [1.54, 1.807) is 55.5 Å². The Morgan fingerprint density at radius 2 is 1.05 bits per heavy atom. The van der Waals surface area contributed by atoms with E-state index in [2.05, 4.69) is 36.4 Å². The van der Waals surface area contributed by atoms with Gasteiger partial charge >= 0.3 is 11.9 Å². The average Bonchev–Trinajstić information content (AvgIpc) is 3.89. The molecule has 8 nitrogen and oxygen atoms in total. The van der Waals surface area contributed by atoms with Gasteiger partial charge in [0.1, 0.15) is 36.3 Å². The van der Waals surface area contributed by atoms with E-state index in [0.717, 1.165) is 65.3 Å². The summed E-state index contributed by atoms with van der Waals surface area (Å²) in [4.78, 5) is 23.7. The minimum absolute atomic E-state index is 0.0462. The van der Waals surface area contributed by atoms with Gasteiger partial charge in [-0.2, -0.15) is 0 Å². The number of ether oxygens (including phenoxy) is 3. The Balaban J connectivity index is 0.000000197. The molecule has 8 rings (SSSR count). The molecule has 1 N–H and O–H groups in total. The van der Waals surface area contributed by atoms with E-state index in [4.69, 9.17) is 37.4 Å². The molecular weight excluding hydrogens is 1020 g/mol. The number of carbonyl (C=O) groups is 2. The van der Waals surface area contributed by atoms with Crippen molar-refractivity contribution < 1.29 is 37.7 Å². The van der Waals surface area contributed by atoms with Crippen LogP contribution in [0.2, 0.25) is 10.0 Å². The topological polar surface area (TPSA) is 91.9 Å². The van der Waals surface area contributed by atoms with Crippen LogP contribution in [0, 0.1) is 25.5 Å². The molecule has 336 valence electrons. The Morgan fingerprint density at radius 3 is 1.48 bits per heavy atom. The third kappa shape index (κ3) is 11.2. The highest BCUT2D eigenvalue weighted by atomic mass is 79.9.